The van der Waals surface area contributed by atoms with Gasteiger partial charge in [0.1, 0.15) is 35.8 Å². The molecule has 5 N–H and O–H groups in total. The summed E-state index contributed by atoms with van der Waals surface area (Å²) in [5, 5.41) is 22.7. The quantitative estimate of drug-likeness (QED) is 0.247. The van der Waals surface area contributed by atoms with Crippen molar-refractivity contribution >= 4 is 41.4 Å². The van der Waals surface area contributed by atoms with Gasteiger partial charge >= 0.3 is 5.97 Å². The highest BCUT2D eigenvalue weighted by Gasteiger charge is 2.46. The fourth-order valence-corrected chi connectivity index (χ4v) is 5.66. The highest BCUT2D eigenvalue weighted by Crippen LogP contribution is 2.36. The van der Waals surface area contributed by atoms with E-state index in [1.54, 1.807) is 34.6 Å². The monoisotopic (exact) mass is 643 g/mol. The van der Waals surface area contributed by atoms with E-state index in [0.717, 1.165) is 0 Å². The number of fused-ring (bicyclic) bond motifs is 1. The van der Waals surface area contributed by atoms with Gasteiger partial charge in [-0.3, -0.25) is 33.6 Å². The van der Waals surface area contributed by atoms with Crippen LogP contribution in [0.15, 0.2) is 11.3 Å². The van der Waals surface area contributed by atoms with Gasteiger partial charge in [-0.1, -0.05) is 27.7 Å². The molecule has 0 aromatic heterocycles. The van der Waals surface area contributed by atoms with Crippen LogP contribution in [0.4, 0.5) is 0 Å². The number of nitriles is 1. The van der Waals surface area contributed by atoms with Crippen LogP contribution >= 0.6 is 0 Å². The van der Waals surface area contributed by atoms with Gasteiger partial charge in [0.15, 0.2) is 0 Å². The van der Waals surface area contributed by atoms with E-state index in [0.29, 0.717) is 5.70 Å². The maximum Gasteiger partial charge on any atom is 0.308 e. The number of nitrogens with one attached hydrogen (secondary N) is 5. The Balaban J connectivity index is 2.02. The molecular formula is C31H45N7O8. The van der Waals surface area contributed by atoms with Gasteiger partial charge in [0.25, 0.3) is 0 Å². The van der Waals surface area contributed by atoms with Crippen LogP contribution in [0.5, 0.6) is 0 Å². The summed E-state index contributed by atoms with van der Waals surface area (Å²) in [4.78, 5) is 94.5. The Morgan fingerprint density at radius 1 is 0.935 bits per heavy atom. The molecule has 252 valence electrons. The molecule has 0 saturated carbocycles. The lowest BCUT2D eigenvalue weighted by Crippen LogP contribution is -2.61. The van der Waals surface area contributed by atoms with Crippen molar-refractivity contribution < 1.29 is 38.3 Å². The minimum absolute atomic E-state index is 0.0771. The van der Waals surface area contributed by atoms with Gasteiger partial charge in [-0.2, -0.15) is 5.26 Å². The smallest absolute Gasteiger partial charge is 0.308 e. The second-order valence-electron chi connectivity index (χ2n) is 13.6. The molecule has 15 heteroatoms. The summed E-state index contributed by atoms with van der Waals surface area (Å²) in [7, 11) is 0. The third-order valence-corrected chi connectivity index (χ3v) is 7.76. The maximum absolute atomic E-state index is 13.6. The van der Waals surface area contributed by atoms with Gasteiger partial charge in [0, 0.05) is 12.1 Å². The fourth-order valence-electron chi connectivity index (χ4n) is 5.66. The maximum atomic E-state index is 13.6. The normalized spacial score (nSPS) is 26.8. The Bertz CT molecular complexity index is 1340. The van der Waals surface area contributed by atoms with E-state index in [1.807, 2.05) is 13.8 Å². The molecule has 46 heavy (non-hydrogen) atoms. The molecule has 15 nitrogen and oxygen atoms in total. The third kappa shape index (κ3) is 9.04. The van der Waals surface area contributed by atoms with Crippen molar-refractivity contribution in [2.24, 2.45) is 11.8 Å². The summed E-state index contributed by atoms with van der Waals surface area (Å²) in [5.41, 5.74) is -0.248. The zero-order chi connectivity index (χ0) is 34.5. The van der Waals surface area contributed by atoms with Crippen molar-refractivity contribution in [1.82, 2.24) is 31.5 Å². The molecule has 2 saturated heterocycles. The van der Waals surface area contributed by atoms with E-state index in [4.69, 9.17) is 4.74 Å². The Morgan fingerprint density at radius 2 is 1.59 bits per heavy atom. The molecule has 0 spiro atoms. The molecule has 5 atom stereocenters. The standard InChI is InChI=1S/C31H45N7O8/c1-15(2)10-18-26(41)35-19(12-24(40)46-31(5,6)7)27(42)37-25(16(3)4)29(44)36-20-11-17(13-32)21-8-9-22(38(21)30(20)45)28(43)33-14-23(39)34-18/h15-16,18-20,22,25H,8-12,14H2,1-7H3,(H,33,43)(H,34,39)(H,35,41)(H,36,44)(H,37,42)/t18-,19-,20-,22-,25-/m0/s1. The first-order chi connectivity index (χ1) is 21.4. The van der Waals surface area contributed by atoms with Crippen LogP contribution in [0.3, 0.4) is 0 Å². The summed E-state index contributed by atoms with van der Waals surface area (Å²) >= 11 is 0. The summed E-state index contributed by atoms with van der Waals surface area (Å²) in [5.74, 6) is -5.61. The molecule has 6 amide bonds. The van der Waals surface area contributed by atoms with Gasteiger partial charge in [-0.25, -0.2) is 0 Å². The average molecular weight is 644 g/mol. The molecule has 0 aromatic rings. The van der Waals surface area contributed by atoms with Crippen molar-refractivity contribution in [3.63, 3.8) is 0 Å². The van der Waals surface area contributed by atoms with Crippen LogP contribution in [-0.2, 0) is 38.3 Å². The molecule has 2 bridgehead atoms. The summed E-state index contributed by atoms with van der Waals surface area (Å²) in [6.07, 6.45) is -0.0175. The van der Waals surface area contributed by atoms with E-state index < -0.39 is 96.1 Å². The first-order valence-electron chi connectivity index (χ1n) is 15.6. The number of ether oxygens (including phenoxy) is 1. The van der Waals surface area contributed by atoms with Crippen LogP contribution in [-0.4, -0.2) is 88.7 Å². The van der Waals surface area contributed by atoms with Gasteiger partial charge in [-0.15, -0.1) is 0 Å². The minimum atomic E-state index is -1.49. The molecule has 3 aliphatic rings. The molecule has 2 fully saturated rings. The van der Waals surface area contributed by atoms with Gasteiger partial charge in [-0.05, 0) is 51.9 Å². The molecule has 3 rings (SSSR count). The number of hydrogen-bond donors (Lipinski definition) is 5. The third-order valence-electron chi connectivity index (χ3n) is 7.76. The fraction of sp³-hybridized carbons (Fsp3) is 0.677. The lowest BCUT2D eigenvalue weighted by atomic mass is 9.96. The number of carbonyl (C=O) groups is 7. The van der Waals surface area contributed by atoms with Gasteiger partial charge in [0.2, 0.25) is 35.4 Å². The molecular weight excluding hydrogens is 598 g/mol. The Labute approximate surface area is 268 Å². The lowest BCUT2D eigenvalue weighted by molar-refractivity contribution is -0.156. The van der Waals surface area contributed by atoms with E-state index in [-0.39, 0.29) is 37.2 Å². The van der Waals surface area contributed by atoms with Crippen molar-refractivity contribution in [2.75, 3.05) is 6.54 Å². The summed E-state index contributed by atoms with van der Waals surface area (Å²) < 4.78 is 5.37. The second kappa shape index (κ2) is 14.7. The SMILES string of the molecule is CC(C)C[C@@H]1NC(=O)CNC(=O)[C@@H]2CCC3=C(C#N)C[C@H](NC(=O)[C@H](C(C)C)NC(=O)[C@H](CC(=O)OC(C)(C)C)NC1=O)C(=O)N32. The number of rotatable bonds is 5. The number of esters is 1. The summed E-state index contributed by atoms with van der Waals surface area (Å²) in [6, 6.07) is -3.97. The topological polar surface area (TPSA) is 216 Å². The summed E-state index contributed by atoms with van der Waals surface area (Å²) in [6.45, 7) is 11.4. The number of hydrogen-bond acceptors (Lipinski definition) is 9. The predicted molar refractivity (Wildman–Crippen MR) is 163 cm³/mol. The lowest BCUT2D eigenvalue weighted by Gasteiger charge is -2.35. The Morgan fingerprint density at radius 3 is 2.17 bits per heavy atom. The predicted octanol–water partition coefficient (Wildman–Crippen LogP) is -0.338. The molecule has 0 radical (unpaired) electrons. The number of nitrogens with zero attached hydrogens (tertiary/aromatic N) is 2. The van der Waals surface area contributed by atoms with E-state index in [1.165, 1.54) is 4.90 Å². The molecule has 3 aliphatic heterocycles. The molecule has 0 unspecified atom stereocenters. The first kappa shape index (κ1) is 36.0. The van der Waals surface area contributed by atoms with Crippen molar-refractivity contribution in [3.05, 3.63) is 11.3 Å². The first-order valence-corrected chi connectivity index (χ1v) is 15.6. The highest BCUT2D eigenvalue weighted by molar-refractivity contribution is 5.99. The van der Waals surface area contributed by atoms with E-state index >= 15 is 0 Å². The van der Waals surface area contributed by atoms with E-state index in [9.17, 15) is 38.8 Å². The van der Waals surface area contributed by atoms with Crippen molar-refractivity contribution in [2.45, 2.75) is 116 Å². The molecule has 0 aliphatic carbocycles. The van der Waals surface area contributed by atoms with Crippen LogP contribution in [0, 0.1) is 23.2 Å². The average Bonchev–Trinajstić information content (AvgIpc) is 3.39. The van der Waals surface area contributed by atoms with Crippen molar-refractivity contribution in [1.29, 1.82) is 5.26 Å². The van der Waals surface area contributed by atoms with E-state index in [2.05, 4.69) is 32.7 Å². The van der Waals surface area contributed by atoms with Crippen LogP contribution in [0.1, 0.15) is 80.6 Å². The number of allylic oxidation sites excluding steroid dienone is 1. The highest BCUT2D eigenvalue weighted by atomic mass is 16.6. The molecule has 3 heterocycles. The largest absolute Gasteiger partial charge is 0.460 e. The Hall–Kier alpha value is -4.48. The van der Waals surface area contributed by atoms with Crippen LogP contribution in [0.2, 0.25) is 0 Å². The van der Waals surface area contributed by atoms with Crippen LogP contribution in [0.25, 0.3) is 0 Å². The van der Waals surface area contributed by atoms with Gasteiger partial charge < -0.3 is 36.2 Å². The van der Waals surface area contributed by atoms with Crippen molar-refractivity contribution in [3.8, 4) is 6.07 Å². The number of carbonyl (C=O) groups excluding carboxylic acids is 7. The zero-order valence-electron chi connectivity index (χ0n) is 27.4. The van der Waals surface area contributed by atoms with Gasteiger partial charge in [0.05, 0.1) is 24.6 Å². The number of amides is 6. The van der Waals surface area contributed by atoms with Crippen LogP contribution < -0.4 is 26.6 Å². The second-order valence-corrected chi connectivity index (χ2v) is 13.6. The Kier molecular flexibility index (Phi) is 11.5. The minimum Gasteiger partial charge on any atom is -0.460 e. The zero-order valence-corrected chi connectivity index (χ0v) is 27.4. The molecule has 0 aromatic carbocycles.